The molecule has 0 radical (unpaired) electrons. The largest absolute Gasteiger partial charge is 0.497 e. The van der Waals surface area contributed by atoms with Crippen molar-refractivity contribution in [2.24, 2.45) is 7.05 Å². The van der Waals surface area contributed by atoms with E-state index in [1.807, 2.05) is 31.3 Å². The zero-order valence-electron chi connectivity index (χ0n) is 14.2. The molecule has 0 atom stereocenters. The molecule has 138 valence electrons. The molecule has 11 heteroatoms. The molecule has 0 aliphatic rings. The number of nitrogens with zero attached hydrogens (tertiary/aromatic N) is 7. The molecule has 8 nitrogen and oxygen atoms in total. The van der Waals surface area contributed by atoms with E-state index < -0.39 is 12.2 Å². The van der Waals surface area contributed by atoms with Crippen LogP contribution >= 0.6 is 11.8 Å². The minimum atomic E-state index is -2.76. The van der Waals surface area contributed by atoms with Gasteiger partial charge in [0, 0.05) is 12.6 Å². The summed E-state index contributed by atoms with van der Waals surface area (Å²) in [6.45, 7) is 0. The van der Waals surface area contributed by atoms with Crippen LogP contribution in [-0.2, 0) is 7.05 Å². The van der Waals surface area contributed by atoms with Gasteiger partial charge in [-0.3, -0.25) is 0 Å². The molecule has 0 saturated heterocycles. The normalized spacial score (nSPS) is 11.4. The van der Waals surface area contributed by atoms with Gasteiger partial charge in [0.25, 0.3) is 6.43 Å². The van der Waals surface area contributed by atoms with Gasteiger partial charge in [-0.2, -0.15) is 9.61 Å². The third-order valence-electron chi connectivity index (χ3n) is 3.84. The Bertz CT molecular complexity index is 1090. The van der Waals surface area contributed by atoms with Crippen LogP contribution in [0.5, 0.6) is 5.75 Å². The molecular formula is C16H13F2N7OS. The Morgan fingerprint density at radius 2 is 1.78 bits per heavy atom. The molecule has 0 unspecified atom stereocenters. The fraction of sp³-hybridized carbons (Fsp3) is 0.188. The van der Waals surface area contributed by atoms with Crippen molar-refractivity contribution >= 4 is 17.4 Å². The molecule has 0 amide bonds. The van der Waals surface area contributed by atoms with E-state index in [9.17, 15) is 8.78 Å². The van der Waals surface area contributed by atoms with E-state index in [1.165, 1.54) is 11.8 Å². The number of halogens is 2. The summed E-state index contributed by atoms with van der Waals surface area (Å²) in [6.07, 6.45) is -2.76. The van der Waals surface area contributed by atoms with Crippen LogP contribution < -0.4 is 4.74 Å². The lowest BCUT2D eigenvalue weighted by Gasteiger charge is -2.05. The molecule has 0 aliphatic heterocycles. The number of aromatic nitrogens is 7. The highest BCUT2D eigenvalue weighted by Crippen LogP contribution is 2.28. The summed E-state index contributed by atoms with van der Waals surface area (Å²) in [6, 6.07) is 10.7. The Morgan fingerprint density at radius 1 is 1.00 bits per heavy atom. The topological polar surface area (TPSA) is 83.0 Å². The van der Waals surface area contributed by atoms with Crippen LogP contribution in [0.3, 0.4) is 0 Å². The lowest BCUT2D eigenvalue weighted by Crippen LogP contribution is -2.01. The Hall–Kier alpha value is -3.08. The number of benzene rings is 1. The van der Waals surface area contributed by atoms with Crippen molar-refractivity contribution in [1.82, 2.24) is 34.6 Å². The molecule has 3 heterocycles. The maximum atomic E-state index is 13.0. The van der Waals surface area contributed by atoms with Gasteiger partial charge in [-0.15, -0.1) is 20.4 Å². The monoisotopic (exact) mass is 389 g/mol. The van der Waals surface area contributed by atoms with Gasteiger partial charge in [-0.1, -0.05) is 0 Å². The fourth-order valence-corrected chi connectivity index (χ4v) is 3.22. The van der Waals surface area contributed by atoms with Crippen LogP contribution in [0, 0.1) is 0 Å². The quantitative estimate of drug-likeness (QED) is 0.519. The molecule has 0 aliphatic carbocycles. The summed E-state index contributed by atoms with van der Waals surface area (Å²) >= 11 is 1.21. The van der Waals surface area contributed by atoms with E-state index in [0.29, 0.717) is 16.0 Å². The lowest BCUT2D eigenvalue weighted by atomic mass is 10.2. The first kappa shape index (κ1) is 17.3. The van der Waals surface area contributed by atoms with Crippen molar-refractivity contribution in [3.8, 4) is 17.1 Å². The van der Waals surface area contributed by atoms with Gasteiger partial charge in [0.1, 0.15) is 10.8 Å². The van der Waals surface area contributed by atoms with Crippen molar-refractivity contribution in [1.29, 1.82) is 0 Å². The van der Waals surface area contributed by atoms with Crippen LogP contribution in [0.15, 0.2) is 46.6 Å². The number of ether oxygens (including phenoxy) is 1. The highest BCUT2D eigenvalue weighted by atomic mass is 32.2. The van der Waals surface area contributed by atoms with Gasteiger partial charge in [-0.25, -0.2) is 8.78 Å². The number of rotatable bonds is 5. The summed E-state index contributed by atoms with van der Waals surface area (Å²) < 4.78 is 34.0. The van der Waals surface area contributed by atoms with Crippen molar-refractivity contribution in [3.05, 3.63) is 42.2 Å². The maximum absolute atomic E-state index is 13.0. The highest BCUT2D eigenvalue weighted by molar-refractivity contribution is 7.99. The maximum Gasteiger partial charge on any atom is 0.299 e. The molecule has 3 aromatic heterocycles. The van der Waals surface area contributed by atoms with Crippen LogP contribution in [0.25, 0.3) is 17.0 Å². The number of alkyl halides is 2. The fourth-order valence-electron chi connectivity index (χ4n) is 2.47. The van der Waals surface area contributed by atoms with Gasteiger partial charge in [-0.05, 0) is 48.2 Å². The van der Waals surface area contributed by atoms with Gasteiger partial charge < -0.3 is 9.30 Å². The minimum Gasteiger partial charge on any atom is -0.497 e. The third kappa shape index (κ3) is 3.21. The molecule has 1 aromatic carbocycles. The van der Waals surface area contributed by atoms with Crippen molar-refractivity contribution in [2.75, 3.05) is 7.11 Å². The zero-order chi connectivity index (χ0) is 19.0. The van der Waals surface area contributed by atoms with E-state index >= 15 is 0 Å². The predicted molar refractivity (Wildman–Crippen MR) is 92.9 cm³/mol. The van der Waals surface area contributed by atoms with E-state index in [-0.39, 0.29) is 5.65 Å². The Balaban J connectivity index is 1.64. The SMILES string of the molecule is COc1ccc(-c2nnc(Sc3ccc4nnc(C(F)F)n4n3)n2C)cc1. The second-order valence-corrected chi connectivity index (χ2v) is 6.48. The highest BCUT2D eigenvalue weighted by Gasteiger charge is 2.18. The van der Waals surface area contributed by atoms with E-state index in [2.05, 4.69) is 25.5 Å². The standard InChI is InChI=1S/C16H13F2N7OS/c1-24-14(9-3-5-10(26-2)6-4-9)20-22-16(24)27-12-8-7-11-19-21-15(13(17)18)25(11)23-12/h3-8,13H,1-2H3. The second-order valence-electron chi connectivity index (χ2n) is 5.50. The van der Waals surface area contributed by atoms with Crippen molar-refractivity contribution in [2.45, 2.75) is 16.6 Å². The number of fused-ring (bicyclic) bond motifs is 1. The summed E-state index contributed by atoms with van der Waals surface area (Å²) in [5.74, 6) is 0.917. The molecule has 0 bridgehead atoms. The molecule has 27 heavy (non-hydrogen) atoms. The third-order valence-corrected chi connectivity index (χ3v) is 4.80. The van der Waals surface area contributed by atoms with Crippen LogP contribution in [0.2, 0.25) is 0 Å². The first-order chi connectivity index (χ1) is 13.1. The summed E-state index contributed by atoms with van der Waals surface area (Å²) in [5.41, 5.74) is 1.13. The zero-order valence-corrected chi connectivity index (χ0v) is 15.1. The molecule has 0 saturated carbocycles. The molecule has 4 aromatic rings. The summed E-state index contributed by atoms with van der Waals surface area (Å²) in [4.78, 5) is 0. The predicted octanol–water partition coefficient (Wildman–Crippen LogP) is 3.02. The van der Waals surface area contributed by atoms with E-state index in [1.54, 1.807) is 23.8 Å². The first-order valence-electron chi connectivity index (χ1n) is 7.79. The average molecular weight is 389 g/mol. The first-order valence-corrected chi connectivity index (χ1v) is 8.60. The Labute approximate surface area is 156 Å². The van der Waals surface area contributed by atoms with E-state index in [0.717, 1.165) is 15.8 Å². The molecular weight excluding hydrogens is 376 g/mol. The van der Waals surface area contributed by atoms with Crippen LogP contribution in [-0.4, -0.2) is 41.7 Å². The van der Waals surface area contributed by atoms with Gasteiger partial charge in [0.15, 0.2) is 16.6 Å². The lowest BCUT2D eigenvalue weighted by molar-refractivity contribution is 0.137. The van der Waals surface area contributed by atoms with Crippen molar-refractivity contribution < 1.29 is 13.5 Å². The smallest absolute Gasteiger partial charge is 0.299 e. The average Bonchev–Trinajstić information content (AvgIpc) is 3.26. The molecule has 0 fully saturated rings. The van der Waals surface area contributed by atoms with Crippen LogP contribution in [0.4, 0.5) is 8.78 Å². The van der Waals surface area contributed by atoms with Gasteiger partial charge in [0.2, 0.25) is 5.82 Å². The molecule has 4 rings (SSSR count). The summed E-state index contributed by atoms with van der Waals surface area (Å²) in [7, 11) is 3.43. The number of hydrogen-bond acceptors (Lipinski definition) is 7. The van der Waals surface area contributed by atoms with Gasteiger partial charge in [0.05, 0.1) is 7.11 Å². The number of hydrogen-bond donors (Lipinski definition) is 0. The van der Waals surface area contributed by atoms with Crippen LogP contribution in [0.1, 0.15) is 12.2 Å². The Kier molecular flexibility index (Phi) is 4.44. The number of methoxy groups -OCH3 is 1. The van der Waals surface area contributed by atoms with Crippen molar-refractivity contribution in [3.63, 3.8) is 0 Å². The Morgan fingerprint density at radius 3 is 2.48 bits per heavy atom. The molecule has 0 spiro atoms. The summed E-state index contributed by atoms with van der Waals surface area (Å²) in [5, 5.41) is 20.7. The molecule has 0 N–H and O–H groups in total. The second kappa shape index (κ2) is 6.91. The van der Waals surface area contributed by atoms with E-state index in [4.69, 9.17) is 4.74 Å². The minimum absolute atomic E-state index is 0.256. The van der Waals surface area contributed by atoms with Gasteiger partial charge >= 0.3 is 0 Å².